The number of thioether (sulfide) groups is 1. The summed E-state index contributed by atoms with van der Waals surface area (Å²) in [6.45, 7) is 0.933. The third-order valence-corrected chi connectivity index (χ3v) is 4.25. The molecule has 0 fully saturated rings. The van der Waals surface area contributed by atoms with E-state index in [0.29, 0.717) is 30.4 Å². The first-order chi connectivity index (χ1) is 12.1. The molecule has 25 heavy (non-hydrogen) atoms. The molecule has 8 heteroatoms. The van der Waals surface area contributed by atoms with Crippen LogP contribution in [0.2, 0.25) is 0 Å². The highest BCUT2D eigenvalue weighted by molar-refractivity contribution is 8.00. The second kappa shape index (κ2) is 7.89. The first-order valence-corrected chi connectivity index (χ1v) is 8.47. The Morgan fingerprint density at radius 1 is 1.04 bits per heavy atom. The number of hydrogen-bond acceptors (Lipinski definition) is 5. The topological polar surface area (TPSA) is 76.7 Å². The number of halogens is 1. The quantitative estimate of drug-likeness (QED) is 0.818. The van der Waals surface area contributed by atoms with Crippen LogP contribution in [0.4, 0.5) is 14.9 Å². The maximum atomic E-state index is 12.8. The molecule has 130 valence electrons. The van der Waals surface area contributed by atoms with E-state index in [0.717, 1.165) is 4.90 Å². The third-order valence-electron chi connectivity index (χ3n) is 3.24. The summed E-state index contributed by atoms with van der Waals surface area (Å²) in [5.74, 6) is 0.406. The summed E-state index contributed by atoms with van der Waals surface area (Å²) in [7, 11) is 0. The number of ether oxygens (including phenoxy) is 2. The van der Waals surface area contributed by atoms with E-state index in [4.69, 9.17) is 9.47 Å². The van der Waals surface area contributed by atoms with Crippen molar-refractivity contribution in [2.24, 2.45) is 0 Å². The first-order valence-electron chi connectivity index (χ1n) is 7.49. The number of benzene rings is 2. The fraction of sp³-hybridized carbons (Fsp3) is 0.176. The zero-order valence-corrected chi connectivity index (χ0v) is 13.9. The van der Waals surface area contributed by atoms with Crippen LogP contribution in [0.3, 0.4) is 0 Å². The molecule has 0 unspecified atom stereocenters. The Labute approximate surface area is 147 Å². The maximum Gasteiger partial charge on any atom is 0.325 e. The predicted octanol–water partition coefficient (Wildman–Crippen LogP) is 3.04. The fourth-order valence-corrected chi connectivity index (χ4v) is 2.82. The lowest BCUT2D eigenvalue weighted by molar-refractivity contribution is -0.117. The molecule has 2 aromatic rings. The normalized spacial score (nSPS) is 12.4. The molecule has 0 bridgehead atoms. The molecule has 2 aromatic carbocycles. The molecule has 1 aliphatic heterocycles. The molecule has 0 aliphatic carbocycles. The van der Waals surface area contributed by atoms with Gasteiger partial charge in [0, 0.05) is 16.6 Å². The first kappa shape index (κ1) is 17.1. The van der Waals surface area contributed by atoms with E-state index in [1.165, 1.54) is 23.9 Å². The van der Waals surface area contributed by atoms with Gasteiger partial charge < -0.3 is 14.8 Å². The van der Waals surface area contributed by atoms with Crippen LogP contribution >= 0.6 is 11.8 Å². The Bertz CT molecular complexity index is 783. The van der Waals surface area contributed by atoms with Crippen molar-refractivity contribution in [2.45, 2.75) is 4.90 Å². The number of fused-ring (bicyclic) bond motifs is 1. The number of rotatable bonds is 4. The van der Waals surface area contributed by atoms with E-state index in [1.54, 1.807) is 30.3 Å². The second-order valence-corrected chi connectivity index (χ2v) is 6.15. The highest BCUT2D eigenvalue weighted by Gasteiger charge is 2.14. The van der Waals surface area contributed by atoms with Crippen LogP contribution in [0, 0.1) is 5.82 Å². The molecular formula is C17H15FN2O4S. The monoisotopic (exact) mass is 362 g/mol. The Balaban J connectivity index is 1.48. The van der Waals surface area contributed by atoms with Crippen molar-refractivity contribution in [3.63, 3.8) is 0 Å². The van der Waals surface area contributed by atoms with Crippen molar-refractivity contribution in [1.82, 2.24) is 5.32 Å². The van der Waals surface area contributed by atoms with Crippen LogP contribution in [-0.2, 0) is 4.79 Å². The van der Waals surface area contributed by atoms with Crippen LogP contribution in [0.15, 0.2) is 47.4 Å². The Hall–Kier alpha value is -2.74. The average molecular weight is 362 g/mol. The molecule has 3 rings (SSSR count). The number of anilines is 1. The summed E-state index contributed by atoms with van der Waals surface area (Å²) in [6, 6.07) is 10.1. The van der Waals surface area contributed by atoms with Gasteiger partial charge in [-0.15, -0.1) is 11.8 Å². The summed E-state index contributed by atoms with van der Waals surface area (Å²) < 4.78 is 23.6. The Morgan fingerprint density at radius 3 is 2.52 bits per heavy atom. The van der Waals surface area contributed by atoms with Gasteiger partial charge in [0.1, 0.15) is 19.0 Å². The molecule has 0 saturated carbocycles. The highest BCUT2D eigenvalue weighted by Crippen LogP contribution is 2.32. The van der Waals surface area contributed by atoms with Crippen LogP contribution in [-0.4, -0.2) is 30.9 Å². The van der Waals surface area contributed by atoms with Crippen LogP contribution in [0.25, 0.3) is 0 Å². The molecular weight excluding hydrogens is 347 g/mol. The van der Waals surface area contributed by atoms with Gasteiger partial charge in [0.15, 0.2) is 11.5 Å². The summed E-state index contributed by atoms with van der Waals surface area (Å²) in [4.78, 5) is 24.4. The lowest BCUT2D eigenvalue weighted by Gasteiger charge is -2.19. The number of carbonyl (C=O) groups is 2. The summed E-state index contributed by atoms with van der Waals surface area (Å²) in [5.41, 5.74) is 0.487. The molecule has 6 nitrogen and oxygen atoms in total. The standard InChI is InChI=1S/C17H15FN2O4S/c18-11-1-4-13(5-2-11)25-10-16(21)20-17(22)19-12-3-6-14-15(9-12)24-8-7-23-14/h1-6,9H,7-8,10H2,(H2,19,20,21,22). The number of amides is 3. The molecule has 0 atom stereocenters. The molecule has 0 radical (unpaired) electrons. The highest BCUT2D eigenvalue weighted by atomic mass is 32.2. The summed E-state index contributed by atoms with van der Waals surface area (Å²) in [6.07, 6.45) is 0. The van der Waals surface area contributed by atoms with E-state index in [9.17, 15) is 14.0 Å². The van der Waals surface area contributed by atoms with Crippen molar-refractivity contribution in [1.29, 1.82) is 0 Å². The molecule has 0 saturated heterocycles. The van der Waals surface area contributed by atoms with E-state index in [1.807, 2.05) is 0 Å². The fourth-order valence-electron chi connectivity index (χ4n) is 2.13. The third kappa shape index (κ3) is 4.87. The van der Waals surface area contributed by atoms with E-state index in [2.05, 4.69) is 10.6 Å². The Kier molecular flexibility index (Phi) is 5.39. The molecule has 0 spiro atoms. The molecule has 0 aromatic heterocycles. The van der Waals surface area contributed by atoms with Gasteiger partial charge in [-0.1, -0.05) is 0 Å². The maximum absolute atomic E-state index is 12.8. The van der Waals surface area contributed by atoms with Gasteiger partial charge >= 0.3 is 6.03 Å². The SMILES string of the molecule is O=C(CSc1ccc(F)cc1)NC(=O)Nc1ccc2c(c1)OCCO2. The molecule has 1 heterocycles. The van der Waals surface area contributed by atoms with E-state index < -0.39 is 11.9 Å². The number of nitrogens with one attached hydrogen (secondary N) is 2. The second-order valence-electron chi connectivity index (χ2n) is 5.10. The van der Waals surface area contributed by atoms with Crippen LogP contribution in [0.5, 0.6) is 11.5 Å². The summed E-state index contributed by atoms with van der Waals surface area (Å²) >= 11 is 1.21. The van der Waals surface area contributed by atoms with Gasteiger partial charge in [-0.25, -0.2) is 9.18 Å². The summed E-state index contributed by atoms with van der Waals surface area (Å²) in [5, 5.41) is 4.80. The Morgan fingerprint density at radius 2 is 1.76 bits per heavy atom. The minimum atomic E-state index is -0.638. The minimum Gasteiger partial charge on any atom is -0.486 e. The van der Waals surface area contributed by atoms with Gasteiger partial charge in [-0.05, 0) is 36.4 Å². The van der Waals surface area contributed by atoms with Crippen molar-refractivity contribution in [3.8, 4) is 11.5 Å². The van der Waals surface area contributed by atoms with Crippen molar-refractivity contribution in [3.05, 3.63) is 48.3 Å². The van der Waals surface area contributed by atoms with Crippen LogP contribution < -0.4 is 20.1 Å². The lowest BCUT2D eigenvalue weighted by atomic mass is 10.2. The molecule has 1 aliphatic rings. The van der Waals surface area contributed by atoms with Crippen molar-refractivity contribution >= 4 is 29.4 Å². The zero-order chi connectivity index (χ0) is 17.6. The van der Waals surface area contributed by atoms with Gasteiger partial charge in [-0.3, -0.25) is 10.1 Å². The van der Waals surface area contributed by atoms with E-state index in [-0.39, 0.29) is 11.6 Å². The van der Waals surface area contributed by atoms with Crippen LogP contribution in [0.1, 0.15) is 0 Å². The minimum absolute atomic E-state index is 0.0419. The molecule has 3 amide bonds. The number of urea groups is 1. The zero-order valence-electron chi connectivity index (χ0n) is 13.1. The molecule has 2 N–H and O–H groups in total. The van der Waals surface area contributed by atoms with Gasteiger partial charge in [0.05, 0.1) is 5.75 Å². The average Bonchev–Trinajstić information content (AvgIpc) is 2.61. The smallest absolute Gasteiger partial charge is 0.325 e. The number of hydrogen-bond donors (Lipinski definition) is 2. The number of imide groups is 1. The largest absolute Gasteiger partial charge is 0.486 e. The number of carbonyl (C=O) groups excluding carboxylic acids is 2. The van der Waals surface area contributed by atoms with E-state index >= 15 is 0 Å². The van der Waals surface area contributed by atoms with Gasteiger partial charge in [-0.2, -0.15) is 0 Å². The van der Waals surface area contributed by atoms with Gasteiger partial charge in [0.25, 0.3) is 0 Å². The lowest BCUT2D eigenvalue weighted by Crippen LogP contribution is -2.35. The van der Waals surface area contributed by atoms with Crippen molar-refractivity contribution < 1.29 is 23.5 Å². The van der Waals surface area contributed by atoms with Gasteiger partial charge in [0.2, 0.25) is 5.91 Å². The van der Waals surface area contributed by atoms with Crippen molar-refractivity contribution in [2.75, 3.05) is 24.3 Å². The predicted molar refractivity (Wildman–Crippen MR) is 91.7 cm³/mol.